The molecule has 0 atom stereocenters. The van der Waals surface area contributed by atoms with Crippen LogP contribution in [0.4, 0.5) is 5.69 Å². The van der Waals surface area contributed by atoms with Crippen molar-refractivity contribution < 1.29 is 14.3 Å². The van der Waals surface area contributed by atoms with Crippen LogP contribution < -0.4 is 14.8 Å². The molecule has 1 amide bonds. The van der Waals surface area contributed by atoms with Gasteiger partial charge in [0.25, 0.3) is 5.91 Å². The van der Waals surface area contributed by atoms with Crippen LogP contribution in [0.5, 0.6) is 11.5 Å². The maximum Gasteiger partial charge on any atom is 0.276 e. The van der Waals surface area contributed by atoms with Crippen LogP contribution in [0, 0.1) is 0 Å². The molecule has 1 aromatic carbocycles. The molecule has 126 valence electrons. The van der Waals surface area contributed by atoms with Gasteiger partial charge in [0.05, 0.1) is 31.1 Å². The van der Waals surface area contributed by atoms with Gasteiger partial charge in [-0.25, -0.2) is 9.97 Å². The monoisotopic (exact) mass is 365 g/mol. The molecule has 0 aliphatic heterocycles. The number of methoxy groups -OCH3 is 2. The van der Waals surface area contributed by atoms with Crippen LogP contribution >= 0.6 is 23.4 Å². The molecule has 2 rings (SSSR count). The standard InChI is InChI=1S/C16H16ClN3O3S/c1-4-7-24-16-18-9-11(17)14(20-16)15(21)19-12-6-5-10(22-2)8-13(12)23-3/h4-6,8-9H,1,7H2,2-3H3,(H,19,21). The summed E-state index contributed by atoms with van der Waals surface area (Å²) in [5, 5.41) is 3.35. The molecule has 6 nitrogen and oxygen atoms in total. The van der Waals surface area contributed by atoms with E-state index < -0.39 is 5.91 Å². The van der Waals surface area contributed by atoms with Crippen molar-refractivity contribution in [2.24, 2.45) is 0 Å². The second-order valence-corrected chi connectivity index (χ2v) is 5.86. The summed E-state index contributed by atoms with van der Waals surface area (Å²) in [6.45, 7) is 3.63. The summed E-state index contributed by atoms with van der Waals surface area (Å²) in [5.74, 6) is 1.27. The van der Waals surface area contributed by atoms with Gasteiger partial charge in [0.1, 0.15) is 11.5 Å². The SMILES string of the molecule is C=CCSc1ncc(Cl)c(C(=O)Nc2ccc(OC)cc2OC)n1. The zero-order chi connectivity index (χ0) is 17.5. The highest BCUT2D eigenvalue weighted by Gasteiger charge is 2.16. The number of nitrogens with zero attached hydrogens (tertiary/aromatic N) is 2. The fourth-order valence-corrected chi connectivity index (χ4v) is 2.52. The molecule has 2 aromatic rings. The van der Waals surface area contributed by atoms with Crippen LogP contribution in [0.25, 0.3) is 0 Å². The third-order valence-corrected chi connectivity index (χ3v) is 4.06. The fraction of sp³-hybridized carbons (Fsp3) is 0.188. The van der Waals surface area contributed by atoms with Gasteiger partial charge < -0.3 is 14.8 Å². The maximum atomic E-state index is 12.5. The van der Waals surface area contributed by atoms with Crippen molar-refractivity contribution in [3.63, 3.8) is 0 Å². The van der Waals surface area contributed by atoms with Crippen LogP contribution in [0.2, 0.25) is 5.02 Å². The van der Waals surface area contributed by atoms with Gasteiger partial charge in [-0.3, -0.25) is 4.79 Å². The van der Waals surface area contributed by atoms with Crippen molar-refractivity contribution in [3.8, 4) is 11.5 Å². The Morgan fingerprint density at radius 2 is 2.21 bits per heavy atom. The van der Waals surface area contributed by atoms with Crippen molar-refractivity contribution >= 4 is 35.0 Å². The quantitative estimate of drug-likeness (QED) is 0.458. The summed E-state index contributed by atoms with van der Waals surface area (Å²) in [4.78, 5) is 20.7. The number of halogens is 1. The number of amides is 1. The highest BCUT2D eigenvalue weighted by molar-refractivity contribution is 7.99. The summed E-state index contributed by atoms with van der Waals surface area (Å²) in [6, 6.07) is 5.06. The minimum Gasteiger partial charge on any atom is -0.497 e. The van der Waals surface area contributed by atoms with Crippen LogP contribution in [0.3, 0.4) is 0 Å². The summed E-state index contributed by atoms with van der Waals surface area (Å²) in [5.41, 5.74) is 0.578. The summed E-state index contributed by atoms with van der Waals surface area (Å²) in [7, 11) is 3.06. The number of aromatic nitrogens is 2. The number of nitrogens with one attached hydrogen (secondary N) is 1. The molecule has 0 bridgehead atoms. The molecular formula is C16H16ClN3O3S. The van der Waals surface area contributed by atoms with Crippen LogP contribution in [-0.4, -0.2) is 35.8 Å². The van der Waals surface area contributed by atoms with Gasteiger partial charge in [-0.2, -0.15) is 0 Å². The van der Waals surface area contributed by atoms with Crippen LogP contribution in [0.1, 0.15) is 10.5 Å². The van der Waals surface area contributed by atoms with Crippen molar-refractivity contribution in [2.75, 3.05) is 25.3 Å². The second-order valence-electron chi connectivity index (χ2n) is 4.47. The number of rotatable bonds is 7. The minimum atomic E-state index is -0.452. The first kappa shape index (κ1) is 18.1. The molecule has 1 aromatic heterocycles. The molecule has 0 spiro atoms. The Kier molecular flexibility index (Phi) is 6.45. The van der Waals surface area contributed by atoms with Gasteiger partial charge in [0.15, 0.2) is 10.9 Å². The lowest BCUT2D eigenvalue weighted by molar-refractivity contribution is 0.102. The lowest BCUT2D eigenvalue weighted by Crippen LogP contribution is -2.15. The second kappa shape index (κ2) is 8.56. The zero-order valence-corrected chi connectivity index (χ0v) is 14.8. The lowest BCUT2D eigenvalue weighted by atomic mass is 10.2. The van der Waals surface area contributed by atoms with Gasteiger partial charge in [-0.05, 0) is 12.1 Å². The zero-order valence-electron chi connectivity index (χ0n) is 13.2. The number of benzene rings is 1. The topological polar surface area (TPSA) is 73.3 Å². The minimum absolute atomic E-state index is 0.0936. The third-order valence-electron chi connectivity index (χ3n) is 2.92. The summed E-state index contributed by atoms with van der Waals surface area (Å²) < 4.78 is 10.4. The Labute approximate surface area is 149 Å². The smallest absolute Gasteiger partial charge is 0.276 e. The van der Waals surface area contributed by atoms with Gasteiger partial charge in [0, 0.05) is 11.8 Å². The summed E-state index contributed by atoms with van der Waals surface area (Å²) in [6.07, 6.45) is 3.13. The molecule has 0 aliphatic carbocycles. The van der Waals surface area contributed by atoms with Crippen molar-refractivity contribution in [3.05, 3.63) is 47.8 Å². The number of hydrogen-bond acceptors (Lipinski definition) is 6. The van der Waals surface area contributed by atoms with Crippen molar-refractivity contribution in [2.45, 2.75) is 5.16 Å². The van der Waals surface area contributed by atoms with Crippen molar-refractivity contribution in [1.29, 1.82) is 0 Å². The Hall–Kier alpha value is -2.25. The van der Waals surface area contributed by atoms with E-state index in [1.54, 1.807) is 31.4 Å². The fourth-order valence-electron chi connectivity index (χ4n) is 1.80. The van der Waals surface area contributed by atoms with E-state index in [0.29, 0.717) is 28.1 Å². The maximum absolute atomic E-state index is 12.5. The molecule has 0 saturated carbocycles. The van der Waals surface area contributed by atoms with E-state index in [2.05, 4.69) is 21.9 Å². The lowest BCUT2D eigenvalue weighted by Gasteiger charge is -2.12. The predicted octanol–water partition coefficient (Wildman–Crippen LogP) is 3.68. The third kappa shape index (κ3) is 4.39. The molecule has 8 heteroatoms. The Balaban J connectivity index is 2.25. The summed E-state index contributed by atoms with van der Waals surface area (Å²) >= 11 is 7.41. The Bertz CT molecular complexity index is 755. The van der Waals surface area contributed by atoms with E-state index in [-0.39, 0.29) is 10.7 Å². The van der Waals surface area contributed by atoms with E-state index >= 15 is 0 Å². The molecule has 0 saturated heterocycles. The van der Waals surface area contributed by atoms with Gasteiger partial charge >= 0.3 is 0 Å². The Morgan fingerprint density at radius 3 is 2.88 bits per heavy atom. The molecule has 24 heavy (non-hydrogen) atoms. The molecule has 0 fully saturated rings. The van der Waals surface area contributed by atoms with E-state index in [9.17, 15) is 4.79 Å². The van der Waals surface area contributed by atoms with E-state index in [0.717, 1.165) is 0 Å². The number of anilines is 1. The molecule has 1 N–H and O–H groups in total. The largest absolute Gasteiger partial charge is 0.497 e. The van der Waals surface area contributed by atoms with Gasteiger partial charge in [0.2, 0.25) is 0 Å². The van der Waals surface area contributed by atoms with Crippen molar-refractivity contribution in [1.82, 2.24) is 9.97 Å². The number of carbonyl (C=O) groups is 1. The highest BCUT2D eigenvalue weighted by Crippen LogP contribution is 2.30. The highest BCUT2D eigenvalue weighted by atomic mass is 35.5. The molecular weight excluding hydrogens is 350 g/mol. The molecule has 1 heterocycles. The van der Waals surface area contributed by atoms with E-state index in [4.69, 9.17) is 21.1 Å². The van der Waals surface area contributed by atoms with Crippen LogP contribution in [-0.2, 0) is 0 Å². The van der Waals surface area contributed by atoms with Gasteiger partial charge in [-0.15, -0.1) is 6.58 Å². The number of thioether (sulfide) groups is 1. The average molecular weight is 366 g/mol. The number of carbonyl (C=O) groups excluding carboxylic acids is 1. The first-order chi connectivity index (χ1) is 11.6. The first-order valence-corrected chi connectivity index (χ1v) is 8.25. The van der Waals surface area contributed by atoms with E-state index in [1.807, 2.05) is 0 Å². The normalized spacial score (nSPS) is 10.1. The number of hydrogen-bond donors (Lipinski definition) is 1. The van der Waals surface area contributed by atoms with Crippen LogP contribution in [0.15, 0.2) is 42.2 Å². The molecule has 0 unspecified atom stereocenters. The van der Waals surface area contributed by atoms with Gasteiger partial charge in [-0.1, -0.05) is 29.4 Å². The average Bonchev–Trinajstić information content (AvgIpc) is 2.61. The Morgan fingerprint density at radius 1 is 1.42 bits per heavy atom. The van der Waals surface area contributed by atoms with E-state index in [1.165, 1.54) is 25.1 Å². The molecule has 0 radical (unpaired) electrons. The number of ether oxygens (including phenoxy) is 2. The first-order valence-electron chi connectivity index (χ1n) is 6.88. The molecule has 0 aliphatic rings. The predicted molar refractivity (Wildman–Crippen MR) is 95.5 cm³/mol.